The van der Waals surface area contributed by atoms with Gasteiger partial charge >= 0.3 is 0 Å². The van der Waals surface area contributed by atoms with Crippen LogP contribution in [0.5, 0.6) is 0 Å². The van der Waals surface area contributed by atoms with Crippen molar-refractivity contribution in [3.05, 3.63) is 69.4 Å². The predicted molar refractivity (Wildman–Crippen MR) is 78.6 cm³/mol. The van der Waals surface area contributed by atoms with Crippen molar-refractivity contribution in [3.8, 4) is 0 Å². The first kappa shape index (κ1) is 14.3. The van der Waals surface area contributed by atoms with Gasteiger partial charge in [-0.2, -0.15) is 0 Å². The van der Waals surface area contributed by atoms with Crippen molar-refractivity contribution in [2.45, 2.75) is 6.04 Å². The van der Waals surface area contributed by atoms with E-state index in [0.717, 1.165) is 18.2 Å². The molecular formula is C15H9Cl2F2NO. The molecule has 6 heteroatoms. The van der Waals surface area contributed by atoms with Crippen molar-refractivity contribution in [1.82, 2.24) is 0 Å². The van der Waals surface area contributed by atoms with Gasteiger partial charge in [0.2, 0.25) is 0 Å². The Hall–Kier alpha value is -1.62. The van der Waals surface area contributed by atoms with E-state index >= 15 is 0 Å². The van der Waals surface area contributed by atoms with Gasteiger partial charge < -0.3 is 10.2 Å². The van der Waals surface area contributed by atoms with Crippen LogP contribution in [0.25, 0.3) is 11.0 Å². The summed E-state index contributed by atoms with van der Waals surface area (Å²) in [6, 6.07) is 7.18. The minimum absolute atomic E-state index is 0.272. The average Bonchev–Trinajstić information content (AvgIpc) is 2.80. The lowest BCUT2D eigenvalue weighted by molar-refractivity contribution is 0.519. The summed E-state index contributed by atoms with van der Waals surface area (Å²) in [5.74, 6) is -1.05. The molecule has 3 rings (SSSR count). The molecule has 0 aliphatic heterocycles. The number of furan rings is 1. The van der Waals surface area contributed by atoms with Crippen LogP contribution in [0.1, 0.15) is 17.4 Å². The number of rotatable bonds is 2. The number of halogens is 4. The van der Waals surface area contributed by atoms with E-state index in [-0.39, 0.29) is 5.56 Å². The number of nitrogens with two attached hydrogens (primary N) is 1. The first-order valence-electron chi connectivity index (χ1n) is 6.04. The Morgan fingerprint density at radius 1 is 0.952 bits per heavy atom. The topological polar surface area (TPSA) is 39.2 Å². The Balaban J connectivity index is 2.09. The minimum Gasteiger partial charge on any atom is -0.457 e. The van der Waals surface area contributed by atoms with Gasteiger partial charge in [0.15, 0.2) is 5.58 Å². The zero-order valence-electron chi connectivity index (χ0n) is 10.5. The van der Waals surface area contributed by atoms with Crippen LogP contribution in [0.4, 0.5) is 8.78 Å². The molecule has 0 spiro atoms. The summed E-state index contributed by atoms with van der Waals surface area (Å²) >= 11 is 12.0. The number of hydrogen-bond acceptors (Lipinski definition) is 2. The molecule has 0 saturated carbocycles. The molecule has 0 aliphatic carbocycles. The zero-order chi connectivity index (χ0) is 15.1. The van der Waals surface area contributed by atoms with Gasteiger partial charge in [-0.1, -0.05) is 23.2 Å². The quantitative estimate of drug-likeness (QED) is 0.714. The molecule has 2 nitrogen and oxygen atoms in total. The van der Waals surface area contributed by atoms with Crippen LogP contribution < -0.4 is 5.73 Å². The van der Waals surface area contributed by atoms with Gasteiger partial charge in [0.05, 0.1) is 11.1 Å². The molecule has 1 aromatic heterocycles. The molecule has 0 amide bonds. The highest BCUT2D eigenvalue weighted by molar-refractivity contribution is 6.38. The van der Waals surface area contributed by atoms with E-state index in [9.17, 15) is 8.78 Å². The van der Waals surface area contributed by atoms with Gasteiger partial charge in [-0.3, -0.25) is 0 Å². The second kappa shape index (κ2) is 5.30. The molecule has 0 radical (unpaired) electrons. The maximum absolute atomic E-state index is 13.3. The van der Waals surface area contributed by atoms with Gasteiger partial charge in [-0.05, 0) is 35.9 Å². The molecule has 0 fully saturated rings. The molecule has 0 aliphatic rings. The summed E-state index contributed by atoms with van der Waals surface area (Å²) in [6.07, 6.45) is 0. The van der Waals surface area contributed by atoms with Gasteiger partial charge in [-0.15, -0.1) is 0 Å². The first-order chi connectivity index (χ1) is 9.94. The molecule has 21 heavy (non-hydrogen) atoms. The Kier molecular flexibility index (Phi) is 3.61. The molecule has 1 unspecified atom stereocenters. The standard InChI is InChI=1S/C15H9Cl2F2NO/c16-9-1-8-4-13(21-15(8)12(17)5-9)14(20)7-2-10(18)6-11(19)3-7/h1-6,14H,20H2. The summed E-state index contributed by atoms with van der Waals surface area (Å²) in [6.45, 7) is 0. The SMILES string of the molecule is NC(c1cc(F)cc(F)c1)c1cc2cc(Cl)cc(Cl)c2o1. The minimum atomic E-state index is -0.808. The Morgan fingerprint density at radius 2 is 1.62 bits per heavy atom. The second-order valence-electron chi connectivity index (χ2n) is 4.64. The molecule has 3 aromatic rings. The van der Waals surface area contributed by atoms with E-state index in [2.05, 4.69) is 0 Å². The van der Waals surface area contributed by atoms with Crippen molar-refractivity contribution >= 4 is 34.2 Å². The lowest BCUT2D eigenvalue weighted by Crippen LogP contribution is -2.11. The maximum atomic E-state index is 13.3. The van der Waals surface area contributed by atoms with Gasteiger partial charge in [0.1, 0.15) is 17.4 Å². The summed E-state index contributed by atoms with van der Waals surface area (Å²) in [5, 5.41) is 1.49. The third-order valence-corrected chi connectivity index (χ3v) is 3.60. The van der Waals surface area contributed by atoms with Crippen molar-refractivity contribution in [3.63, 3.8) is 0 Å². The van der Waals surface area contributed by atoms with Crippen LogP contribution in [0.15, 0.2) is 40.8 Å². The molecule has 108 valence electrons. The highest BCUT2D eigenvalue weighted by Gasteiger charge is 2.17. The molecule has 0 saturated heterocycles. The third-order valence-electron chi connectivity index (χ3n) is 3.11. The maximum Gasteiger partial charge on any atom is 0.153 e. The van der Waals surface area contributed by atoms with E-state index in [1.165, 1.54) is 0 Å². The Bertz CT molecular complexity index is 812. The first-order valence-corrected chi connectivity index (χ1v) is 6.79. The largest absolute Gasteiger partial charge is 0.457 e. The summed E-state index contributed by atoms with van der Waals surface area (Å²) in [4.78, 5) is 0. The highest BCUT2D eigenvalue weighted by atomic mass is 35.5. The van der Waals surface area contributed by atoms with E-state index in [4.69, 9.17) is 33.4 Å². The summed E-state index contributed by atoms with van der Waals surface area (Å²) in [7, 11) is 0. The van der Waals surface area contributed by atoms with Crippen molar-refractivity contribution in [1.29, 1.82) is 0 Å². The van der Waals surface area contributed by atoms with Crippen LogP contribution in [0, 0.1) is 11.6 Å². The Labute approximate surface area is 129 Å². The van der Waals surface area contributed by atoms with E-state index in [1.54, 1.807) is 18.2 Å². The molecular weight excluding hydrogens is 319 g/mol. The van der Waals surface area contributed by atoms with Crippen molar-refractivity contribution in [2.24, 2.45) is 5.73 Å². The van der Waals surface area contributed by atoms with Crippen molar-refractivity contribution < 1.29 is 13.2 Å². The lowest BCUT2D eigenvalue weighted by atomic mass is 10.0. The van der Waals surface area contributed by atoms with Gasteiger partial charge in [-0.25, -0.2) is 8.78 Å². The van der Waals surface area contributed by atoms with Crippen LogP contribution in [0.2, 0.25) is 10.0 Å². The molecule has 1 heterocycles. The van der Waals surface area contributed by atoms with Gasteiger partial charge in [0.25, 0.3) is 0 Å². The van der Waals surface area contributed by atoms with Crippen LogP contribution in [-0.4, -0.2) is 0 Å². The van der Waals surface area contributed by atoms with E-state index in [0.29, 0.717) is 26.8 Å². The number of hydrogen-bond donors (Lipinski definition) is 1. The van der Waals surface area contributed by atoms with Crippen molar-refractivity contribution in [2.75, 3.05) is 0 Å². The fourth-order valence-corrected chi connectivity index (χ4v) is 2.72. The fraction of sp³-hybridized carbons (Fsp3) is 0.0667. The highest BCUT2D eigenvalue weighted by Crippen LogP contribution is 2.33. The van der Waals surface area contributed by atoms with E-state index < -0.39 is 17.7 Å². The van der Waals surface area contributed by atoms with Crippen LogP contribution in [-0.2, 0) is 0 Å². The predicted octanol–water partition coefficient (Wildman–Crippen LogP) is 5.07. The molecule has 0 bridgehead atoms. The number of fused-ring (bicyclic) bond motifs is 1. The summed E-state index contributed by atoms with van der Waals surface area (Å²) in [5.41, 5.74) is 6.71. The fourth-order valence-electron chi connectivity index (χ4n) is 2.17. The number of benzene rings is 2. The molecule has 1 atom stereocenters. The molecule has 2 aromatic carbocycles. The smallest absolute Gasteiger partial charge is 0.153 e. The van der Waals surface area contributed by atoms with Gasteiger partial charge in [0, 0.05) is 16.5 Å². The molecule has 2 N–H and O–H groups in total. The normalized spacial score (nSPS) is 12.8. The zero-order valence-corrected chi connectivity index (χ0v) is 12.1. The Morgan fingerprint density at radius 3 is 2.29 bits per heavy atom. The van der Waals surface area contributed by atoms with Crippen LogP contribution in [0.3, 0.4) is 0 Å². The second-order valence-corrected chi connectivity index (χ2v) is 5.48. The third kappa shape index (κ3) is 2.75. The lowest BCUT2D eigenvalue weighted by Gasteiger charge is -2.09. The monoisotopic (exact) mass is 327 g/mol. The summed E-state index contributed by atoms with van der Waals surface area (Å²) < 4.78 is 32.1. The average molecular weight is 328 g/mol. The van der Waals surface area contributed by atoms with E-state index in [1.807, 2.05) is 0 Å². The van der Waals surface area contributed by atoms with Crippen LogP contribution >= 0.6 is 23.2 Å².